The van der Waals surface area contributed by atoms with Crippen molar-refractivity contribution in [2.45, 2.75) is 18.1 Å². The van der Waals surface area contributed by atoms with Gasteiger partial charge >= 0.3 is 12.2 Å². The quantitative estimate of drug-likeness (QED) is 0.528. The van der Waals surface area contributed by atoms with E-state index in [1.54, 1.807) is 30.6 Å². The van der Waals surface area contributed by atoms with E-state index in [0.717, 1.165) is 16.0 Å². The van der Waals surface area contributed by atoms with Gasteiger partial charge in [-0.15, -0.1) is 0 Å². The van der Waals surface area contributed by atoms with Gasteiger partial charge in [-0.25, -0.2) is 14.5 Å². The first-order valence-electron chi connectivity index (χ1n) is 9.81. The van der Waals surface area contributed by atoms with Crippen LogP contribution in [0, 0.1) is 0 Å². The van der Waals surface area contributed by atoms with Gasteiger partial charge < -0.3 is 9.47 Å². The number of likely N-dealkylation sites (tertiary alicyclic amines) is 1. The maximum atomic E-state index is 13.0. The molecular formula is C23H21N3O5. The van der Waals surface area contributed by atoms with Crippen molar-refractivity contribution in [3.8, 4) is 0 Å². The molecule has 0 N–H and O–H groups in total. The Morgan fingerprint density at radius 1 is 1.23 bits per heavy atom. The van der Waals surface area contributed by atoms with Crippen LogP contribution >= 0.6 is 0 Å². The van der Waals surface area contributed by atoms with Crippen LogP contribution in [-0.4, -0.2) is 58.2 Å². The third kappa shape index (κ3) is 3.92. The predicted molar refractivity (Wildman–Crippen MR) is 112 cm³/mol. The zero-order valence-corrected chi connectivity index (χ0v) is 16.7. The topological polar surface area (TPSA) is 89.0 Å². The Hall–Kier alpha value is -3.94. The standard InChI is InChI=1S/C23H21N3O5/c1-2-13-30-23(29)26-18(11-10-16-7-6-12-24-14-16)20(21(26)27)25-19(15-31-22(25)28)17-8-4-3-5-9-17/h2-12,14,18-20H,1,13,15H2/b11-10+/t18-,19-,20-/m1/s1. The Kier molecular flexibility index (Phi) is 5.79. The fourth-order valence-corrected chi connectivity index (χ4v) is 3.74. The number of carbonyl (C=O) groups excluding carboxylic acids is 3. The van der Waals surface area contributed by atoms with Crippen molar-refractivity contribution >= 4 is 24.2 Å². The first-order valence-corrected chi connectivity index (χ1v) is 9.81. The second-order valence-electron chi connectivity index (χ2n) is 7.07. The number of aromatic nitrogens is 1. The first-order chi connectivity index (χ1) is 15.1. The molecular weight excluding hydrogens is 398 g/mol. The molecule has 31 heavy (non-hydrogen) atoms. The third-order valence-electron chi connectivity index (χ3n) is 5.20. The highest BCUT2D eigenvalue weighted by Crippen LogP contribution is 2.37. The van der Waals surface area contributed by atoms with E-state index in [4.69, 9.17) is 9.47 Å². The number of rotatable bonds is 6. The Morgan fingerprint density at radius 2 is 2.03 bits per heavy atom. The van der Waals surface area contributed by atoms with Gasteiger partial charge in [-0.3, -0.25) is 14.7 Å². The number of nitrogens with zero attached hydrogens (tertiary/aromatic N) is 3. The summed E-state index contributed by atoms with van der Waals surface area (Å²) < 4.78 is 10.3. The van der Waals surface area contributed by atoms with Gasteiger partial charge in [0.2, 0.25) is 0 Å². The summed E-state index contributed by atoms with van der Waals surface area (Å²) in [5.41, 5.74) is 1.65. The van der Waals surface area contributed by atoms with E-state index in [9.17, 15) is 14.4 Å². The normalized spacial score (nSPS) is 22.9. The Morgan fingerprint density at radius 3 is 2.74 bits per heavy atom. The molecule has 8 nitrogen and oxygen atoms in total. The number of benzene rings is 1. The Bertz CT molecular complexity index is 1010. The van der Waals surface area contributed by atoms with Crippen molar-refractivity contribution in [1.82, 2.24) is 14.8 Å². The second kappa shape index (κ2) is 8.83. The molecule has 2 fully saturated rings. The second-order valence-corrected chi connectivity index (χ2v) is 7.07. The van der Waals surface area contributed by atoms with Crippen LogP contribution in [0.15, 0.2) is 73.6 Å². The molecule has 1 aromatic heterocycles. The molecule has 0 aliphatic carbocycles. The number of imide groups is 1. The Balaban J connectivity index is 1.64. The van der Waals surface area contributed by atoms with Crippen LogP contribution in [0.5, 0.6) is 0 Å². The molecule has 8 heteroatoms. The molecule has 0 spiro atoms. The van der Waals surface area contributed by atoms with Crippen molar-refractivity contribution in [2.75, 3.05) is 13.2 Å². The molecule has 2 saturated heterocycles. The van der Waals surface area contributed by atoms with Gasteiger partial charge in [0, 0.05) is 12.4 Å². The highest BCUT2D eigenvalue weighted by Gasteiger charge is 2.58. The van der Waals surface area contributed by atoms with Crippen molar-refractivity contribution < 1.29 is 23.9 Å². The van der Waals surface area contributed by atoms with Crippen molar-refractivity contribution in [3.63, 3.8) is 0 Å². The van der Waals surface area contributed by atoms with E-state index in [1.165, 1.54) is 11.0 Å². The molecule has 2 aliphatic rings. The maximum absolute atomic E-state index is 13.0. The molecule has 158 valence electrons. The highest BCUT2D eigenvalue weighted by atomic mass is 16.6. The lowest BCUT2D eigenvalue weighted by Gasteiger charge is -2.47. The largest absolute Gasteiger partial charge is 0.447 e. The lowest BCUT2D eigenvalue weighted by Crippen LogP contribution is -2.71. The summed E-state index contributed by atoms with van der Waals surface area (Å²) in [4.78, 5) is 44.5. The number of β-lactam (4-membered cyclic amide) rings is 1. The molecule has 0 unspecified atom stereocenters. The molecule has 3 heterocycles. The summed E-state index contributed by atoms with van der Waals surface area (Å²) in [5, 5.41) is 0. The summed E-state index contributed by atoms with van der Waals surface area (Å²) in [6.07, 6.45) is 6.80. The summed E-state index contributed by atoms with van der Waals surface area (Å²) in [6.45, 7) is 3.62. The lowest BCUT2D eigenvalue weighted by atomic mass is 9.91. The van der Waals surface area contributed by atoms with Crippen LogP contribution in [0.3, 0.4) is 0 Å². The zero-order valence-electron chi connectivity index (χ0n) is 16.7. The Labute approximate surface area is 179 Å². The number of cyclic esters (lactones) is 1. The molecule has 4 rings (SSSR count). The molecule has 0 bridgehead atoms. The highest BCUT2D eigenvalue weighted by molar-refractivity contribution is 6.04. The van der Waals surface area contributed by atoms with Crippen LogP contribution in [0.25, 0.3) is 6.08 Å². The lowest BCUT2D eigenvalue weighted by molar-refractivity contribution is -0.150. The van der Waals surface area contributed by atoms with Crippen LogP contribution in [0.2, 0.25) is 0 Å². The summed E-state index contributed by atoms with van der Waals surface area (Å²) in [5.74, 6) is -0.519. The monoisotopic (exact) mass is 419 g/mol. The minimum Gasteiger partial charge on any atom is -0.447 e. The van der Waals surface area contributed by atoms with Crippen LogP contribution in [0.1, 0.15) is 17.2 Å². The molecule has 0 radical (unpaired) electrons. The third-order valence-corrected chi connectivity index (χ3v) is 5.20. The number of ether oxygens (including phenoxy) is 2. The number of hydrogen-bond donors (Lipinski definition) is 0. The number of pyridine rings is 1. The molecule has 1 aromatic carbocycles. The van der Waals surface area contributed by atoms with Crippen LogP contribution in [-0.2, 0) is 14.3 Å². The van der Waals surface area contributed by atoms with Gasteiger partial charge in [-0.05, 0) is 17.2 Å². The number of amides is 3. The summed E-state index contributed by atoms with van der Waals surface area (Å²) in [7, 11) is 0. The van der Waals surface area contributed by atoms with E-state index in [1.807, 2.05) is 36.4 Å². The molecule has 2 aromatic rings. The SMILES string of the molecule is C=CCOC(=O)N1C(=O)[C@H](N2C(=O)OC[C@@H]2c2ccccc2)[C@H]1/C=C/c1cccnc1. The average Bonchev–Trinajstić information content (AvgIpc) is 3.17. The minimum atomic E-state index is -0.885. The van der Waals surface area contributed by atoms with Crippen molar-refractivity contribution in [3.05, 3.63) is 84.7 Å². The molecule has 3 atom stereocenters. The van der Waals surface area contributed by atoms with Gasteiger partial charge in [0.25, 0.3) is 5.91 Å². The fraction of sp³-hybridized carbons (Fsp3) is 0.217. The van der Waals surface area contributed by atoms with Gasteiger partial charge in [-0.2, -0.15) is 0 Å². The first kappa shape index (κ1) is 20.3. The minimum absolute atomic E-state index is 0.0231. The smallest absolute Gasteiger partial charge is 0.417 e. The number of hydrogen-bond acceptors (Lipinski definition) is 6. The van der Waals surface area contributed by atoms with E-state index >= 15 is 0 Å². The summed E-state index contributed by atoms with van der Waals surface area (Å²) >= 11 is 0. The molecule has 2 aliphatic heterocycles. The average molecular weight is 419 g/mol. The van der Waals surface area contributed by atoms with Gasteiger partial charge in [0.15, 0.2) is 0 Å². The van der Waals surface area contributed by atoms with Gasteiger partial charge in [0.1, 0.15) is 19.3 Å². The summed E-state index contributed by atoms with van der Waals surface area (Å²) in [6, 6.07) is 10.9. The molecule has 0 saturated carbocycles. The maximum Gasteiger partial charge on any atom is 0.417 e. The van der Waals surface area contributed by atoms with Gasteiger partial charge in [-0.1, -0.05) is 61.2 Å². The van der Waals surface area contributed by atoms with E-state index < -0.39 is 36.2 Å². The van der Waals surface area contributed by atoms with Crippen molar-refractivity contribution in [2.24, 2.45) is 0 Å². The van der Waals surface area contributed by atoms with E-state index in [0.29, 0.717) is 0 Å². The molecule has 3 amide bonds. The van der Waals surface area contributed by atoms with Crippen molar-refractivity contribution in [1.29, 1.82) is 0 Å². The van der Waals surface area contributed by atoms with Crippen LogP contribution < -0.4 is 0 Å². The van der Waals surface area contributed by atoms with Gasteiger partial charge in [0.05, 0.1) is 12.1 Å². The fourth-order valence-electron chi connectivity index (χ4n) is 3.74. The predicted octanol–water partition coefficient (Wildman–Crippen LogP) is 3.19. The van der Waals surface area contributed by atoms with Crippen LogP contribution in [0.4, 0.5) is 9.59 Å². The number of carbonyl (C=O) groups is 3. The zero-order chi connectivity index (χ0) is 21.8. The van der Waals surface area contributed by atoms with E-state index in [-0.39, 0.29) is 13.2 Å². The van der Waals surface area contributed by atoms with E-state index in [2.05, 4.69) is 11.6 Å².